The van der Waals surface area contributed by atoms with Gasteiger partial charge in [-0.2, -0.15) is 0 Å². The van der Waals surface area contributed by atoms with Crippen molar-refractivity contribution < 1.29 is 9.72 Å². The van der Waals surface area contributed by atoms with E-state index in [4.69, 9.17) is 0 Å². The minimum Gasteiger partial charge on any atom is -0.354 e. The summed E-state index contributed by atoms with van der Waals surface area (Å²) in [5.74, 6) is 1.83. The van der Waals surface area contributed by atoms with Crippen LogP contribution < -0.4 is 5.32 Å². The molecule has 2 rings (SSSR count). The van der Waals surface area contributed by atoms with E-state index in [-0.39, 0.29) is 11.6 Å². The zero-order chi connectivity index (χ0) is 13.1. The first kappa shape index (κ1) is 12.1. The lowest BCUT2D eigenvalue weighted by Gasteiger charge is -2.21. The third-order valence-corrected chi connectivity index (χ3v) is 2.86. The molecule has 1 atom stereocenters. The van der Waals surface area contributed by atoms with Crippen molar-refractivity contribution in [2.24, 2.45) is 0 Å². The van der Waals surface area contributed by atoms with E-state index in [1.54, 1.807) is 12.1 Å². The Kier molecular flexibility index (Phi) is 3.26. The van der Waals surface area contributed by atoms with Gasteiger partial charge >= 0.3 is 0 Å². The summed E-state index contributed by atoms with van der Waals surface area (Å²) >= 11 is 0. The number of allylic oxidation sites excluding steroid dienone is 3. The molecule has 5 nitrogen and oxygen atoms in total. The zero-order valence-corrected chi connectivity index (χ0v) is 9.84. The molecule has 1 N–H and O–H groups in total. The third kappa shape index (κ3) is 2.47. The topological polar surface area (TPSA) is 72.2 Å². The van der Waals surface area contributed by atoms with Gasteiger partial charge in [0.15, 0.2) is 0 Å². The van der Waals surface area contributed by atoms with Crippen LogP contribution >= 0.6 is 0 Å². The Labute approximate surface area is 104 Å². The summed E-state index contributed by atoms with van der Waals surface area (Å²) in [7, 11) is 0. The number of nitrogens with zero attached hydrogens (tertiary/aromatic N) is 1. The van der Waals surface area contributed by atoms with E-state index in [2.05, 4.69) is 5.32 Å². The van der Waals surface area contributed by atoms with Crippen LogP contribution in [0.15, 0.2) is 41.7 Å². The highest BCUT2D eigenvalue weighted by Gasteiger charge is 2.19. The molecule has 0 aromatic heterocycles. The van der Waals surface area contributed by atoms with Crippen LogP contribution in [0.4, 0.5) is 5.69 Å². The maximum atomic E-state index is 10.7. The van der Waals surface area contributed by atoms with Crippen LogP contribution in [0.1, 0.15) is 24.8 Å². The van der Waals surface area contributed by atoms with Crippen LogP contribution in [0.5, 0.6) is 0 Å². The Bertz CT molecular complexity index is 571. The van der Waals surface area contributed by atoms with Gasteiger partial charge in [0.25, 0.3) is 5.69 Å². The Balaban J connectivity index is 2.37. The highest BCUT2D eigenvalue weighted by molar-refractivity contribution is 5.54. The van der Waals surface area contributed by atoms with Crippen LogP contribution in [-0.2, 0) is 4.79 Å². The molecule has 1 aromatic rings. The van der Waals surface area contributed by atoms with Crippen LogP contribution in [0, 0.1) is 10.1 Å². The summed E-state index contributed by atoms with van der Waals surface area (Å²) in [5.41, 5.74) is 2.23. The molecule has 5 heteroatoms. The molecule has 1 aromatic carbocycles. The molecule has 0 saturated carbocycles. The number of carbonyl (C=O) groups excluding carboxylic acids is 1. The fraction of sp³-hybridized carbons (Fsp3) is 0.231. The van der Waals surface area contributed by atoms with E-state index in [9.17, 15) is 14.9 Å². The first-order valence-electron chi connectivity index (χ1n) is 5.54. The van der Waals surface area contributed by atoms with Crippen LogP contribution in [-0.4, -0.2) is 10.9 Å². The average Bonchev–Trinajstić information content (AvgIpc) is 2.38. The van der Waals surface area contributed by atoms with Crippen molar-refractivity contribution in [1.82, 2.24) is 5.32 Å². The van der Waals surface area contributed by atoms with Gasteiger partial charge < -0.3 is 5.32 Å². The lowest BCUT2D eigenvalue weighted by molar-refractivity contribution is -0.384. The van der Waals surface area contributed by atoms with Crippen molar-refractivity contribution in [2.45, 2.75) is 19.3 Å². The smallest absolute Gasteiger partial charge is 0.269 e. The molecular formula is C13H12N2O3. The molecule has 1 heterocycles. The monoisotopic (exact) mass is 244 g/mol. The Morgan fingerprint density at radius 2 is 2.28 bits per heavy atom. The Hall–Kier alpha value is -2.39. The average molecular weight is 244 g/mol. The second-order valence-electron chi connectivity index (χ2n) is 4.22. The van der Waals surface area contributed by atoms with Gasteiger partial charge in [0, 0.05) is 30.2 Å². The molecular weight excluding hydrogens is 232 g/mol. The lowest BCUT2D eigenvalue weighted by Crippen LogP contribution is -2.19. The van der Waals surface area contributed by atoms with Crippen molar-refractivity contribution in [2.75, 3.05) is 0 Å². The largest absolute Gasteiger partial charge is 0.354 e. The number of nitro groups is 1. The van der Waals surface area contributed by atoms with Crippen molar-refractivity contribution >= 4 is 11.6 Å². The molecule has 0 fully saturated rings. The molecule has 92 valence electrons. The number of rotatable bonds is 2. The summed E-state index contributed by atoms with van der Waals surface area (Å²) in [6, 6.07) is 6.48. The maximum absolute atomic E-state index is 10.7. The molecule has 1 aliphatic rings. The molecule has 0 radical (unpaired) electrons. The summed E-state index contributed by atoms with van der Waals surface area (Å²) < 4.78 is 0. The van der Waals surface area contributed by atoms with Gasteiger partial charge in [0.1, 0.15) is 11.6 Å². The van der Waals surface area contributed by atoms with Crippen molar-refractivity contribution in [3.8, 4) is 0 Å². The molecule has 0 aliphatic carbocycles. The predicted molar refractivity (Wildman–Crippen MR) is 66.6 cm³/mol. The summed E-state index contributed by atoms with van der Waals surface area (Å²) in [4.78, 5) is 21.0. The SMILES string of the molecule is CC1=CC(c2cccc([N+](=O)[O-])c2)CC(=C=O)N1. The minimum atomic E-state index is -0.419. The van der Waals surface area contributed by atoms with Gasteiger partial charge in [-0.05, 0) is 12.5 Å². The van der Waals surface area contributed by atoms with Gasteiger partial charge in [-0.1, -0.05) is 18.2 Å². The molecule has 0 spiro atoms. The third-order valence-electron chi connectivity index (χ3n) is 2.86. The van der Waals surface area contributed by atoms with E-state index in [0.29, 0.717) is 12.1 Å². The van der Waals surface area contributed by atoms with Crippen LogP contribution in [0.25, 0.3) is 0 Å². The molecule has 1 unspecified atom stereocenters. The van der Waals surface area contributed by atoms with Crippen LogP contribution in [0.3, 0.4) is 0 Å². The normalized spacial score (nSPS) is 18.6. The second-order valence-corrected chi connectivity index (χ2v) is 4.22. The molecule has 0 saturated heterocycles. The van der Waals surface area contributed by atoms with Gasteiger partial charge in [-0.15, -0.1) is 0 Å². The second kappa shape index (κ2) is 4.85. The molecule has 0 amide bonds. The fourth-order valence-electron chi connectivity index (χ4n) is 2.06. The standard InChI is InChI=1S/C13H12N2O3/c1-9-5-11(6-12(8-16)14-9)10-3-2-4-13(7-10)15(17)18/h2-5,7,11,14H,6H2,1H3. The first-order valence-corrected chi connectivity index (χ1v) is 5.54. The predicted octanol–water partition coefficient (Wildman–Crippen LogP) is 2.29. The van der Waals surface area contributed by atoms with Crippen molar-refractivity contribution in [3.63, 3.8) is 0 Å². The first-order chi connectivity index (χ1) is 8.60. The van der Waals surface area contributed by atoms with E-state index >= 15 is 0 Å². The van der Waals surface area contributed by atoms with Gasteiger partial charge in [0.2, 0.25) is 0 Å². The van der Waals surface area contributed by atoms with E-state index in [1.807, 2.05) is 25.0 Å². The van der Waals surface area contributed by atoms with E-state index < -0.39 is 4.92 Å². The summed E-state index contributed by atoms with van der Waals surface area (Å²) in [6.45, 7) is 1.85. The van der Waals surface area contributed by atoms with Gasteiger partial charge in [-0.25, -0.2) is 4.79 Å². The number of nitrogens with one attached hydrogen (secondary N) is 1. The molecule has 0 bridgehead atoms. The molecule has 1 aliphatic heterocycles. The number of non-ortho nitro benzene ring substituents is 1. The van der Waals surface area contributed by atoms with E-state index in [1.165, 1.54) is 6.07 Å². The Morgan fingerprint density at radius 1 is 1.50 bits per heavy atom. The van der Waals surface area contributed by atoms with Crippen LogP contribution in [0.2, 0.25) is 0 Å². The van der Waals surface area contributed by atoms with Crippen molar-refractivity contribution in [1.29, 1.82) is 0 Å². The van der Waals surface area contributed by atoms with Gasteiger partial charge in [0.05, 0.1) is 4.92 Å². The number of hydrogen-bond donors (Lipinski definition) is 1. The maximum Gasteiger partial charge on any atom is 0.269 e. The highest BCUT2D eigenvalue weighted by Crippen LogP contribution is 2.30. The number of hydrogen-bond acceptors (Lipinski definition) is 4. The minimum absolute atomic E-state index is 0.0254. The molecule has 18 heavy (non-hydrogen) atoms. The number of nitro benzene ring substituents is 1. The van der Waals surface area contributed by atoms with E-state index in [0.717, 1.165) is 11.3 Å². The van der Waals surface area contributed by atoms with Crippen molar-refractivity contribution in [3.05, 3.63) is 57.4 Å². The summed E-state index contributed by atoms with van der Waals surface area (Å²) in [6.07, 6.45) is 2.45. The lowest BCUT2D eigenvalue weighted by atomic mass is 9.91. The van der Waals surface area contributed by atoms with Gasteiger partial charge in [-0.3, -0.25) is 10.1 Å². The Morgan fingerprint density at radius 3 is 2.94 bits per heavy atom. The summed E-state index contributed by atoms with van der Waals surface area (Å²) in [5, 5.41) is 13.7. The quantitative estimate of drug-likeness (QED) is 0.492. The number of benzene rings is 1. The zero-order valence-electron chi connectivity index (χ0n) is 9.84. The highest BCUT2D eigenvalue weighted by atomic mass is 16.6. The fourth-order valence-corrected chi connectivity index (χ4v) is 2.06.